The molecule has 2 N–H and O–H groups in total. The Morgan fingerprint density at radius 3 is 2.27 bits per heavy atom. The molecule has 0 aromatic carbocycles. The minimum absolute atomic E-state index is 0.155. The Bertz CT molecular complexity index is 163. The van der Waals surface area contributed by atoms with Crippen molar-refractivity contribution in [2.24, 2.45) is 11.3 Å². The van der Waals surface area contributed by atoms with Crippen LogP contribution in [-0.4, -0.2) is 35.4 Å². The highest BCUT2D eigenvalue weighted by Crippen LogP contribution is 2.42. The van der Waals surface area contributed by atoms with Gasteiger partial charge >= 0.3 is 0 Å². The van der Waals surface area contributed by atoms with E-state index in [1.165, 1.54) is 25.7 Å². The van der Waals surface area contributed by atoms with Crippen LogP contribution >= 0.6 is 11.8 Å². The summed E-state index contributed by atoms with van der Waals surface area (Å²) in [4.78, 5) is 0. The molecule has 0 unspecified atom stereocenters. The minimum Gasteiger partial charge on any atom is -0.396 e. The van der Waals surface area contributed by atoms with E-state index in [-0.39, 0.29) is 18.6 Å². The summed E-state index contributed by atoms with van der Waals surface area (Å²) in [6.45, 7) is 0.311. The molecule has 0 aromatic rings. The van der Waals surface area contributed by atoms with Crippen molar-refractivity contribution < 1.29 is 10.2 Å². The molecule has 1 saturated carbocycles. The smallest absolute Gasteiger partial charge is 0.0512 e. The van der Waals surface area contributed by atoms with E-state index in [1.54, 1.807) is 0 Å². The van der Waals surface area contributed by atoms with Crippen molar-refractivity contribution in [3.63, 3.8) is 0 Å². The van der Waals surface area contributed by atoms with Crippen LogP contribution in [0.4, 0.5) is 0 Å². The normalized spacial score (nSPS) is 18.6. The van der Waals surface area contributed by atoms with Gasteiger partial charge in [-0.3, -0.25) is 0 Å². The zero-order chi connectivity index (χ0) is 11.1. The second-order valence-electron chi connectivity index (χ2n) is 4.76. The Morgan fingerprint density at radius 2 is 1.80 bits per heavy atom. The van der Waals surface area contributed by atoms with Gasteiger partial charge in [-0.25, -0.2) is 0 Å². The van der Waals surface area contributed by atoms with Gasteiger partial charge in [0.05, 0.1) is 13.2 Å². The quantitative estimate of drug-likeness (QED) is 0.662. The first-order valence-electron chi connectivity index (χ1n) is 6.00. The van der Waals surface area contributed by atoms with Crippen molar-refractivity contribution in [1.29, 1.82) is 0 Å². The van der Waals surface area contributed by atoms with Gasteiger partial charge < -0.3 is 10.2 Å². The van der Waals surface area contributed by atoms with Crippen molar-refractivity contribution in [2.45, 2.75) is 38.5 Å². The van der Waals surface area contributed by atoms with E-state index < -0.39 is 0 Å². The van der Waals surface area contributed by atoms with Gasteiger partial charge in [0.15, 0.2) is 0 Å². The number of hydrogen-bond acceptors (Lipinski definition) is 3. The Morgan fingerprint density at radius 1 is 1.20 bits per heavy atom. The highest BCUT2D eigenvalue weighted by Gasteiger charge is 2.38. The van der Waals surface area contributed by atoms with Gasteiger partial charge in [0.2, 0.25) is 0 Å². The molecule has 1 fully saturated rings. The van der Waals surface area contributed by atoms with Crippen molar-refractivity contribution in [2.75, 3.05) is 25.2 Å². The molecule has 0 aliphatic heterocycles. The Balaban J connectivity index is 2.50. The molecule has 0 spiro atoms. The highest BCUT2D eigenvalue weighted by atomic mass is 32.2. The van der Waals surface area contributed by atoms with E-state index in [0.717, 1.165) is 18.6 Å². The molecule has 0 heterocycles. The summed E-state index contributed by atoms with van der Waals surface area (Å²) in [5.41, 5.74) is -0.188. The van der Waals surface area contributed by atoms with Crippen molar-refractivity contribution in [3.8, 4) is 0 Å². The van der Waals surface area contributed by atoms with E-state index in [1.807, 2.05) is 11.8 Å². The molecular formula is C12H24O2S. The summed E-state index contributed by atoms with van der Waals surface area (Å²) in [7, 11) is 0. The number of hydrogen-bond donors (Lipinski definition) is 2. The molecule has 90 valence electrons. The van der Waals surface area contributed by atoms with Crippen LogP contribution in [0.2, 0.25) is 0 Å². The van der Waals surface area contributed by atoms with Crippen molar-refractivity contribution >= 4 is 11.8 Å². The average molecular weight is 232 g/mol. The maximum Gasteiger partial charge on any atom is 0.0512 e. The van der Waals surface area contributed by atoms with E-state index in [4.69, 9.17) is 0 Å². The lowest BCUT2D eigenvalue weighted by atomic mass is 9.72. The maximum atomic E-state index is 9.57. The van der Waals surface area contributed by atoms with Crippen LogP contribution in [0.5, 0.6) is 0 Å². The number of thioether (sulfide) groups is 1. The second-order valence-corrected chi connectivity index (χ2v) is 5.74. The summed E-state index contributed by atoms with van der Waals surface area (Å²) in [5.74, 6) is 1.68. The van der Waals surface area contributed by atoms with Crippen LogP contribution < -0.4 is 0 Å². The lowest BCUT2D eigenvalue weighted by Gasteiger charge is -2.36. The number of aliphatic hydroxyl groups is 2. The largest absolute Gasteiger partial charge is 0.396 e. The lowest BCUT2D eigenvalue weighted by molar-refractivity contribution is -0.00183. The van der Waals surface area contributed by atoms with E-state index in [2.05, 4.69) is 6.26 Å². The maximum absolute atomic E-state index is 9.57. The third-order valence-corrected chi connectivity index (χ3v) is 4.57. The van der Waals surface area contributed by atoms with E-state index in [0.29, 0.717) is 5.92 Å². The minimum atomic E-state index is -0.188. The molecule has 2 nitrogen and oxygen atoms in total. The Labute approximate surface area is 97.5 Å². The topological polar surface area (TPSA) is 40.5 Å². The van der Waals surface area contributed by atoms with Crippen LogP contribution in [0.3, 0.4) is 0 Å². The molecule has 1 rings (SSSR count). The summed E-state index contributed by atoms with van der Waals surface area (Å²) in [6, 6.07) is 0. The predicted molar refractivity (Wildman–Crippen MR) is 66.2 cm³/mol. The van der Waals surface area contributed by atoms with Crippen LogP contribution in [0.25, 0.3) is 0 Å². The SMILES string of the molecule is CSCCCC(CO)(CO)C1CCCC1. The Hall–Kier alpha value is 0.270. The third-order valence-electron chi connectivity index (χ3n) is 3.87. The van der Waals surface area contributed by atoms with Gasteiger partial charge in [0.25, 0.3) is 0 Å². The summed E-state index contributed by atoms with van der Waals surface area (Å²) < 4.78 is 0. The van der Waals surface area contributed by atoms with E-state index >= 15 is 0 Å². The monoisotopic (exact) mass is 232 g/mol. The molecular weight excluding hydrogens is 208 g/mol. The predicted octanol–water partition coefficient (Wildman–Crippen LogP) is 2.29. The molecule has 0 saturated heterocycles. The van der Waals surface area contributed by atoms with Crippen molar-refractivity contribution in [3.05, 3.63) is 0 Å². The lowest BCUT2D eigenvalue weighted by Crippen LogP contribution is -2.37. The molecule has 15 heavy (non-hydrogen) atoms. The van der Waals surface area contributed by atoms with Gasteiger partial charge in [-0.05, 0) is 43.6 Å². The molecule has 3 heteroatoms. The van der Waals surface area contributed by atoms with Gasteiger partial charge in [0, 0.05) is 5.41 Å². The van der Waals surface area contributed by atoms with Gasteiger partial charge in [0.1, 0.15) is 0 Å². The van der Waals surface area contributed by atoms with E-state index in [9.17, 15) is 10.2 Å². The molecule has 0 amide bonds. The van der Waals surface area contributed by atoms with Crippen LogP contribution in [0.1, 0.15) is 38.5 Å². The fourth-order valence-electron chi connectivity index (χ4n) is 2.78. The first-order chi connectivity index (χ1) is 7.29. The summed E-state index contributed by atoms with van der Waals surface area (Å²) in [6.07, 6.45) is 9.13. The Kier molecular flexibility index (Phi) is 6.02. The molecule has 1 aliphatic rings. The van der Waals surface area contributed by atoms with Crippen LogP contribution in [0.15, 0.2) is 0 Å². The molecule has 0 radical (unpaired) electrons. The summed E-state index contributed by atoms with van der Waals surface area (Å²) in [5, 5.41) is 19.1. The number of rotatable bonds is 7. The standard InChI is InChI=1S/C12H24O2S/c1-15-8-4-7-12(9-13,10-14)11-5-2-3-6-11/h11,13-14H,2-10H2,1H3. The second kappa shape index (κ2) is 6.77. The fraction of sp³-hybridized carbons (Fsp3) is 1.00. The number of aliphatic hydroxyl groups excluding tert-OH is 2. The van der Waals surface area contributed by atoms with Crippen molar-refractivity contribution in [1.82, 2.24) is 0 Å². The zero-order valence-corrected chi connectivity index (χ0v) is 10.6. The van der Waals surface area contributed by atoms with Crippen LogP contribution in [-0.2, 0) is 0 Å². The molecule has 1 aliphatic carbocycles. The average Bonchev–Trinajstić information content (AvgIpc) is 2.79. The highest BCUT2D eigenvalue weighted by molar-refractivity contribution is 7.98. The van der Waals surface area contributed by atoms with Gasteiger partial charge in [-0.15, -0.1) is 0 Å². The summed E-state index contributed by atoms with van der Waals surface area (Å²) >= 11 is 1.84. The van der Waals surface area contributed by atoms with Gasteiger partial charge in [-0.1, -0.05) is 12.8 Å². The first kappa shape index (κ1) is 13.3. The zero-order valence-electron chi connectivity index (χ0n) is 9.74. The first-order valence-corrected chi connectivity index (χ1v) is 7.39. The third kappa shape index (κ3) is 3.36. The molecule has 0 atom stereocenters. The molecule has 0 bridgehead atoms. The fourth-order valence-corrected chi connectivity index (χ4v) is 3.21. The van der Waals surface area contributed by atoms with Gasteiger partial charge in [-0.2, -0.15) is 11.8 Å². The molecule has 0 aromatic heterocycles. The van der Waals surface area contributed by atoms with Crippen LogP contribution in [0, 0.1) is 11.3 Å².